The Hall–Kier alpha value is -2.13. The standard InChI is InChI=1S/C26H49BN2O11/c1-2-28-10-14-33-16-18-35-20-22-39-25(31)37-12-8-6-4-3-5-7-9-13-38-26(32)40-23-21-36-19-17-34-15-11-29-24(27)30/h28H,2-23H2,1H3,(H,29,30). The summed E-state index contributed by atoms with van der Waals surface area (Å²) < 4.78 is 41.1. The van der Waals surface area contributed by atoms with Crippen LogP contribution < -0.4 is 10.6 Å². The topological polar surface area (TPSA) is 149 Å². The van der Waals surface area contributed by atoms with E-state index in [2.05, 4.69) is 10.6 Å². The van der Waals surface area contributed by atoms with Gasteiger partial charge < -0.3 is 48.5 Å². The quantitative estimate of drug-likeness (QED) is 0.0766. The number of hydrogen-bond acceptors (Lipinski definition) is 12. The third-order valence-electron chi connectivity index (χ3n) is 5.09. The van der Waals surface area contributed by atoms with Crippen LogP contribution in [0.3, 0.4) is 0 Å². The zero-order valence-electron chi connectivity index (χ0n) is 24.1. The van der Waals surface area contributed by atoms with Crippen LogP contribution in [0, 0.1) is 0 Å². The van der Waals surface area contributed by atoms with E-state index >= 15 is 0 Å². The lowest BCUT2D eigenvalue weighted by Gasteiger charge is -2.08. The maximum atomic E-state index is 11.5. The largest absolute Gasteiger partial charge is 0.508 e. The molecule has 0 spiro atoms. The summed E-state index contributed by atoms with van der Waals surface area (Å²) >= 11 is 0. The molecule has 0 aromatic carbocycles. The van der Waals surface area contributed by atoms with Gasteiger partial charge in [0, 0.05) is 13.1 Å². The van der Waals surface area contributed by atoms with Gasteiger partial charge in [-0.05, 0) is 19.4 Å². The van der Waals surface area contributed by atoms with Crippen LogP contribution in [0.2, 0.25) is 0 Å². The molecule has 0 heterocycles. The molecule has 0 fully saturated rings. The number of rotatable bonds is 29. The highest BCUT2D eigenvalue weighted by molar-refractivity contribution is 6.57. The summed E-state index contributed by atoms with van der Waals surface area (Å²) in [7, 11) is 4.92. The summed E-state index contributed by atoms with van der Waals surface area (Å²) in [6, 6.07) is 0. The SMILES string of the molecule is [B]C(=O)NCCOCCOCCOC(=O)OCCCCCCCCCOC(=O)OCCOCCOCCNCC. The minimum Gasteiger partial charge on any atom is -0.434 e. The Morgan fingerprint density at radius 2 is 0.875 bits per heavy atom. The Balaban J connectivity index is 3.24. The first-order valence-corrected chi connectivity index (χ1v) is 14.2. The number of carbonyl (C=O) groups is 3. The van der Waals surface area contributed by atoms with E-state index in [1.54, 1.807) is 0 Å². The zero-order valence-corrected chi connectivity index (χ0v) is 24.1. The van der Waals surface area contributed by atoms with E-state index in [9.17, 15) is 14.4 Å². The van der Waals surface area contributed by atoms with Crippen molar-refractivity contribution in [3.63, 3.8) is 0 Å². The molecule has 0 saturated carbocycles. The van der Waals surface area contributed by atoms with Crippen molar-refractivity contribution in [3.8, 4) is 0 Å². The molecule has 0 aromatic heterocycles. The summed E-state index contributed by atoms with van der Waals surface area (Å²) in [5.41, 5.74) is 0. The number of hydrogen-bond donors (Lipinski definition) is 2. The van der Waals surface area contributed by atoms with E-state index in [0.717, 1.165) is 58.0 Å². The summed E-state index contributed by atoms with van der Waals surface area (Å²) in [5, 5.41) is 5.57. The molecule has 0 aliphatic heterocycles. The lowest BCUT2D eigenvalue weighted by molar-refractivity contribution is 0.00901. The smallest absolute Gasteiger partial charge is 0.434 e. The van der Waals surface area contributed by atoms with Gasteiger partial charge in [-0.3, -0.25) is 4.79 Å². The van der Waals surface area contributed by atoms with Crippen molar-refractivity contribution < 1.29 is 52.3 Å². The Kier molecular flexibility index (Phi) is 29.7. The van der Waals surface area contributed by atoms with Crippen molar-refractivity contribution in [2.24, 2.45) is 0 Å². The van der Waals surface area contributed by atoms with Crippen LogP contribution in [-0.2, 0) is 37.9 Å². The van der Waals surface area contributed by atoms with Crippen LogP contribution in [0.15, 0.2) is 0 Å². The monoisotopic (exact) mass is 576 g/mol. The van der Waals surface area contributed by atoms with E-state index < -0.39 is 18.1 Å². The number of ether oxygens (including phenoxy) is 8. The van der Waals surface area contributed by atoms with Gasteiger partial charge in [0.25, 0.3) is 0 Å². The molecule has 2 N–H and O–H groups in total. The fourth-order valence-corrected chi connectivity index (χ4v) is 3.06. The lowest BCUT2D eigenvalue weighted by atomic mass is 10.1. The number of amides is 1. The molecular weight excluding hydrogens is 527 g/mol. The molecule has 0 aromatic rings. The molecule has 0 aliphatic carbocycles. The van der Waals surface area contributed by atoms with Crippen LogP contribution in [0.4, 0.5) is 14.4 Å². The second-order valence-corrected chi connectivity index (χ2v) is 8.46. The van der Waals surface area contributed by atoms with Gasteiger partial charge in [0.05, 0.1) is 66.1 Å². The van der Waals surface area contributed by atoms with Crippen molar-refractivity contribution in [2.75, 3.05) is 98.9 Å². The van der Waals surface area contributed by atoms with Crippen molar-refractivity contribution in [1.82, 2.24) is 10.6 Å². The van der Waals surface area contributed by atoms with Gasteiger partial charge in [0.2, 0.25) is 0 Å². The molecular formula is C26H49BN2O11. The molecule has 1 amide bonds. The molecule has 13 nitrogen and oxygen atoms in total. The third-order valence-corrected chi connectivity index (χ3v) is 5.09. The van der Waals surface area contributed by atoms with Crippen LogP contribution >= 0.6 is 0 Å². The van der Waals surface area contributed by atoms with E-state index in [1.165, 1.54) is 0 Å². The summed E-state index contributed by atoms with van der Waals surface area (Å²) in [5.74, 6) is -0.591. The van der Waals surface area contributed by atoms with Gasteiger partial charge >= 0.3 is 12.3 Å². The van der Waals surface area contributed by atoms with Crippen LogP contribution in [0.1, 0.15) is 51.9 Å². The van der Waals surface area contributed by atoms with Crippen molar-refractivity contribution in [2.45, 2.75) is 51.9 Å². The molecule has 40 heavy (non-hydrogen) atoms. The van der Waals surface area contributed by atoms with Crippen molar-refractivity contribution in [1.29, 1.82) is 0 Å². The second kappa shape index (κ2) is 31.4. The summed E-state index contributed by atoms with van der Waals surface area (Å²) in [6.07, 6.45) is 5.25. The molecule has 2 radical (unpaired) electrons. The van der Waals surface area contributed by atoms with Crippen molar-refractivity contribution in [3.05, 3.63) is 0 Å². The molecule has 0 rings (SSSR count). The highest BCUT2D eigenvalue weighted by Gasteiger charge is 2.05. The summed E-state index contributed by atoms with van der Waals surface area (Å²) in [6.45, 7) is 8.26. The van der Waals surface area contributed by atoms with E-state index in [0.29, 0.717) is 66.0 Å². The predicted octanol–water partition coefficient (Wildman–Crippen LogP) is 2.58. The third kappa shape index (κ3) is 32.1. The average molecular weight is 576 g/mol. The minimum atomic E-state index is -0.704. The van der Waals surface area contributed by atoms with Gasteiger partial charge in [0.15, 0.2) is 13.7 Å². The fourth-order valence-electron chi connectivity index (χ4n) is 3.06. The molecule has 0 unspecified atom stereocenters. The Bertz CT molecular complexity index is 603. The van der Waals surface area contributed by atoms with Crippen LogP contribution in [0.25, 0.3) is 0 Å². The molecule has 0 atom stereocenters. The number of carbonyl (C=O) groups excluding carboxylic acids is 3. The Morgan fingerprint density at radius 3 is 1.32 bits per heavy atom. The highest BCUT2D eigenvalue weighted by Crippen LogP contribution is 2.08. The second-order valence-electron chi connectivity index (χ2n) is 8.46. The summed E-state index contributed by atoms with van der Waals surface area (Å²) in [4.78, 5) is 33.5. The van der Waals surface area contributed by atoms with Gasteiger partial charge in [-0.25, -0.2) is 9.59 Å². The maximum absolute atomic E-state index is 11.5. The number of nitrogens with one attached hydrogen (secondary N) is 2. The first-order chi connectivity index (χ1) is 19.6. The lowest BCUT2D eigenvalue weighted by Crippen LogP contribution is -2.26. The van der Waals surface area contributed by atoms with Gasteiger partial charge in [-0.15, -0.1) is 0 Å². The normalized spacial score (nSPS) is 10.7. The van der Waals surface area contributed by atoms with Gasteiger partial charge in [-0.2, -0.15) is 0 Å². The Morgan fingerprint density at radius 1 is 0.500 bits per heavy atom. The molecule has 14 heteroatoms. The van der Waals surface area contributed by atoms with E-state index in [-0.39, 0.29) is 19.8 Å². The fraction of sp³-hybridized carbons (Fsp3) is 0.885. The van der Waals surface area contributed by atoms with E-state index in [1.807, 2.05) is 6.92 Å². The molecule has 0 aliphatic rings. The highest BCUT2D eigenvalue weighted by atomic mass is 16.7. The molecule has 0 bridgehead atoms. The Labute approximate surface area is 240 Å². The number of unbranched alkanes of at least 4 members (excludes halogenated alkanes) is 6. The average Bonchev–Trinajstić information content (AvgIpc) is 2.93. The van der Waals surface area contributed by atoms with E-state index in [4.69, 9.17) is 45.7 Å². The first kappa shape index (κ1) is 37.9. The molecule has 232 valence electrons. The predicted molar refractivity (Wildman–Crippen MR) is 148 cm³/mol. The van der Waals surface area contributed by atoms with Gasteiger partial charge in [-0.1, -0.05) is 39.0 Å². The van der Waals surface area contributed by atoms with Gasteiger partial charge in [0.1, 0.15) is 13.2 Å². The molecule has 0 saturated heterocycles. The first-order valence-electron chi connectivity index (χ1n) is 14.2. The van der Waals surface area contributed by atoms with Crippen LogP contribution in [-0.4, -0.2) is 125 Å². The van der Waals surface area contributed by atoms with Crippen LogP contribution in [0.5, 0.6) is 0 Å². The maximum Gasteiger partial charge on any atom is 0.508 e. The minimum absolute atomic E-state index is 0.103. The zero-order chi connectivity index (χ0) is 29.4. The number of likely N-dealkylation sites (N-methyl/N-ethyl adjacent to an activating group) is 1. The van der Waals surface area contributed by atoms with Crippen molar-refractivity contribution >= 4 is 26.0 Å².